The van der Waals surface area contributed by atoms with Crippen molar-refractivity contribution in [1.82, 2.24) is 0 Å². The molecule has 1 aliphatic carbocycles. The van der Waals surface area contributed by atoms with E-state index < -0.39 is 5.60 Å². The molecule has 0 amide bonds. The van der Waals surface area contributed by atoms with E-state index in [1.165, 1.54) is 18.3 Å². The number of carbonyl (C=O) groups is 1. The Balaban J connectivity index is 1.90. The summed E-state index contributed by atoms with van der Waals surface area (Å²) in [5, 5.41) is 13.0. The number of ether oxygens (including phenoxy) is 1. The van der Waals surface area contributed by atoms with Gasteiger partial charge in [-0.25, -0.2) is 4.79 Å². The number of rotatable bonds is 7. The molecule has 0 atom stereocenters. The van der Waals surface area contributed by atoms with Crippen LogP contribution in [0.4, 0.5) is 5.69 Å². The van der Waals surface area contributed by atoms with Crippen molar-refractivity contribution in [3.05, 3.63) is 53.3 Å². The molecule has 136 valence electrons. The third kappa shape index (κ3) is 6.39. The average Bonchev–Trinajstić information content (AvgIpc) is 2.59. The highest BCUT2D eigenvalue weighted by Gasteiger charge is 2.14. The fourth-order valence-electron chi connectivity index (χ4n) is 2.98. The van der Waals surface area contributed by atoms with Gasteiger partial charge in [0, 0.05) is 6.20 Å². The summed E-state index contributed by atoms with van der Waals surface area (Å²) in [6.07, 6.45) is 10.3. The number of para-hydroxylation sites is 1. The van der Waals surface area contributed by atoms with E-state index in [0.717, 1.165) is 44.2 Å². The molecule has 0 fully saturated rings. The van der Waals surface area contributed by atoms with Crippen molar-refractivity contribution in [1.29, 1.82) is 0 Å². The Hall–Kier alpha value is -2.07. The van der Waals surface area contributed by atoms with Crippen LogP contribution in [0.25, 0.3) is 0 Å². The number of hydrogen-bond donors (Lipinski definition) is 2. The van der Waals surface area contributed by atoms with Gasteiger partial charge in [-0.15, -0.1) is 0 Å². The molecule has 0 aliphatic heterocycles. The van der Waals surface area contributed by atoms with Gasteiger partial charge in [-0.05, 0) is 64.5 Å². The summed E-state index contributed by atoms with van der Waals surface area (Å²) in [4.78, 5) is 11.8. The minimum absolute atomic E-state index is 0.334. The molecule has 4 heteroatoms. The molecule has 2 rings (SSSR count). The molecule has 25 heavy (non-hydrogen) atoms. The standard InChI is InChI=1S/C21H29NO3/c1-21(2,24)14-6-7-16-10-12-17(13-11-16)15-22-19-9-5-4-8-18(19)20(23)25-3/h4-5,8-10,15,22,24H,6-7,11-14H2,1-3H3. The fourth-order valence-corrected chi connectivity index (χ4v) is 2.98. The van der Waals surface area contributed by atoms with Crippen molar-refractivity contribution in [2.24, 2.45) is 0 Å². The van der Waals surface area contributed by atoms with Gasteiger partial charge in [-0.1, -0.05) is 29.4 Å². The van der Waals surface area contributed by atoms with Crippen molar-refractivity contribution in [2.75, 3.05) is 12.4 Å². The third-order valence-electron chi connectivity index (χ3n) is 4.47. The lowest BCUT2D eigenvalue weighted by molar-refractivity contribution is 0.0601. The number of esters is 1. The molecule has 0 saturated heterocycles. The second-order valence-corrected chi connectivity index (χ2v) is 7.22. The van der Waals surface area contributed by atoms with Gasteiger partial charge in [0.1, 0.15) is 0 Å². The zero-order chi connectivity index (χ0) is 18.3. The van der Waals surface area contributed by atoms with E-state index in [4.69, 9.17) is 4.74 Å². The van der Waals surface area contributed by atoms with Crippen molar-refractivity contribution in [2.45, 2.75) is 58.0 Å². The number of methoxy groups -OCH3 is 1. The maximum atomic E-state index is 11.8. The van der Waals surface area contributed by atoms with Crippen molar-refractivity contribution >= 4 is 11.7 Å². The molecular formula is C21H29NO3. The first-order chi connectivity index (χ1) is 11.9. The summed E-state index contributed by atoms with van der Waals surface area (Å²) in [5.41, 5.74) is 3.54. The van der Waals surface area contributed by atoms with Crippen LogP contribution >= 0.6 is 0 Å². The van der Waals surface area contributed by atoms with E-state index in [9.17, 15) is 9.90 Å². The van der Waals surface area contributed by atoms with Gasteiger partial charge < -0.3 is 15.2 Å². The third-order valence-corrected chi connectivity index (χ3v) is 4.47. The van der Waals surface area contributed by atoms with Gasteiger partial charge >= 0.3 is 5.97 Å². The monoisotopic (exact) mass is 343 g/mol. The fraction of sp³-hybridized carbons (Fsp3) is 0.476. The molecule has 0 saturated carbocycles. The zero-order valence-corrected chi connectivity index (χ0v) is 15.5. The van der Waals surface area contributed by atoms with Crippen LogP contribution < -0.4 is 5.32 Å². The summed E-state index contributed by atoms with van der Waals surface area (Å²) < 4.78 is 4.82. The maximum Gasteiger partial charge on any atom is 0.339 e. The van der Waals surface area contributed by atoms with E-state index in [1.54, 1.807) is 6.07 Å². The topological polar surface area (TPSA) is 58.6 Å². The lowest BCUT2D eigenvalue weighted by atomic mass is 9.90. The number of aliphatic hydroxyl groups is 1. The van der Waals surface area contributed by atoms with Crippen LogP contribution in [0, 0.1) is 0 Å². The first-order valence-corrected chi connectivity index (χ1v) is 8.91. The van der Waals surface area contributed by atoms with E-state index in [-0.39, 0.29) is 5.97 Å². The minimum atomic E-state index is -0.572. The Bertz CT molecular complexity index is 653. The smallest absolute Gasteiger partial charge is 0.339 e. The lowest BCUT2D eigenvalue weighted by Gasteiger charge is -2.19. The van der Waals surface area contributed by atoms with Crippen LogP contribution in [-0.2, 0) is 4.74 Å². The quantitative estimate of drug-likeness (QED) is 0.550. The molecule has 0 radical (unpaired) electrons. The largest absolute Gasteiger partial charge is 0.465 e. The number of benzene rings is 1. The summed E-state index contributed by atoms with van der Waals surface area (Å²) in [6, 6.07) is 7.36. The van der Waals surface area contributed by atoms with E-state index in [1.807, 2.05) is 38.2 Å². The van der Waals surface area contributed by atoms with Gasteiger partial charge in [0.25, 0.3) is 0 Å². The Labute approximate surface area is 150 Å². The molecule has 2 N–H and O–H groups in total. The normalized spacial score (nSPS) is 16.5. The molecule has 1 aliphatic rings. The van der Waals surface area contributed by atoms with Gasteiger partial charge in [0.05, 0.1) is 24.0 Å². The zero-order valence-electron chi connectivity index (χ0n) is 15.5. The predicted molar refractivity (Wildman–Crippen MR) is 102 cm³/mol. The van der Waals surface area contributed by atoms with Crippen molar-refractivity contribution in [3.8, 4) is 0 Å². The number of nitrogens with one attached hydrogen (secondary N) is 1. The molecule has 0 heterocycles. The highest BCUT2D eigenvalue weighted by molar-refractivity contribution is 5.95. The number of hydrogen-bond acceptors (Lipinski definition) is 4. The Morgan fingerprint density at radius 2 is 2.08 bits per heavy atom. The second kappa shape index (κ2) is 8.86. The van der Waals surface area contributed by atoms with Crippen molar-refractivity contribution in [3.63, 3.8) is 0 Å². The van der Waals surface area contributed by atoms with Crippen molar-refractivity contribution < 1.29 is 14.6 Å². The second-order valence-electron chi connectivity index (χ2n) is 7.22. The molecule has 0 bridgehead atoms. The van der Waals surface area contributed by atoms with E-state index >= 15 is 0 Å². The van der Waals surface area contributed by atoms with Gasteiger partial charge in [-0.2, -0.15) is 0 Å². The van der Waals surface area contributed by atoms with Crippen LogP contribution in [0.1, 0.15) is 62.7 Å². The highest BCUT2D eigenvalue weighted by Crippen LogP contribution is 2.27. The number of carbonyl (C=O) groups excluding carboxylic acids is 1. The predicted octanol–water partition coefficient (Wildman–Crippen LogP) is 4.82. The first-order valence-electron chi connectivity index (χ1n) is 8.91. The molecule has 1 aromatic rings. The lowest BCUT2D eigenvalue weighted by Crippen LogP contribution is -2.17. The number of allylic oxidation sites excluding steroid dienone is 3. The molecule has 0 aromatic heterocycles. The molecule has 4 nitrogen and oxygen atoms in total. The van der Waals surface area contributed by atoms with Crippen LogP contribution in [0.2, 0.25) is 0 Å². The van der Waals surface area contributed by atoms with Crippen LogP contribution in [-0.4, -0.2) is 23.8 Å². The maximum absolute atomic E-state index is 11.8. The SMILES string of the molecule is COC(=O)c1ccccc1NC=C1CC=C(CCCC(C)(C)O)CC1. The van der Waals surface area contributed by atoms with Crippen LogP contribution in [0.5, 0.6) is 0 Å². The molecular weight excluding hydrogens is 314 g/mol. The van der Waals surface area contributed by atoms with Gasteiger partial charge in [0.15, 0.2) is 0 Å². The Morgan fingerprint density at radius 1 is 1.32 bits per heavy atom. The molecule has 0 spiro atoms. The van der Waals surface area contributed by atoms with Crippen LogP contribution in [0.15, 0.2) is 47.7 Å². The first kappa shape index (κ1) is 19.3. The number of anilines is 1. The summed E-state index contributed by atoms with van der Waals surface area (Å²) in [7, 11) is 1.39. The van der Waals surface area contributed by atoms with E-state index in [0.29, 0.717) is 5.56 Å². The Morgan fingerprint density at radius 3 is 2.72 bits per heavy atom. The average molecular weight is 343 g/mol. The van der Waals surface area contributed by atoms with Crippen LogP contribution in [0.3, 0.4) is 0 Å². The van der Waals surface area contributed by atoms with E-state index in [2.05, 4.69) is 11.4 Å². The molecule has 0 unspecified atom stereocenters. The Kier molecular flexibility index (Phi) is 6.82. The van der Waals surface area contributed by atoms with Gasteiger partial charge in [-0.3, -0.25) is 0 Å². The minimum Gasteiger partial charge on any atom is -0.465 e. The van der Waals surface area contributed by atoms with Gasteiger partial charge in [0.2, 0.25) is 0 Å². The summed E-state index contributed by atoms with van der Waals surface area (Å²) in [5.74, 6) is -0.334. The summed E-state index contributed by atoms with van der Waals surface area (Å²) >= 11 is 0. The highest BCUT2D eigenvalue weighted by atomic mass is 16.5. The summed E-state index contributed by atoms with van der Waals surface area (Å²) in [6.45, 7) is 3.72. The molecule has 1 aromatic carbocycles.